The van der Waals surface area contributed by atoms with Crippen LogP contribution in [0.5, 0.6) is 0 Å². The van der Waals surface area contributed by atoms with E-state index in [9.17, 15) is 0 Å². The summed E-state index contributed by atoms with van der Waals surface area (Å²) in [6.07, 6.45) is 0. The Bertz CT molecular complexity index is 5200. The largest absolute Gasteiger partial charge is 0.228 e. The number of rotatable bonds is 11. The molecular weight excluding hydrogens is 1080 g/mol. The van der Waals surface area contributed by atoms with Crippen molar-refractivity contribution in [3.05, 3.63) is 297 Å². The lowest BCUT2D eigenvalue weighted by molar-refractivity contribution is 1.07. The molecule has 0 fully saturated rings. The minimum atomic E-state index is 0.603. The van der Waals surface area contributed by atoms with Crippen molar-refractivity contribution in [1.82, 2.24) is 24.9 Å². The molecular formula is C79H49N5S2. The van der Waals surface area contributed by atoms with Crippen LogP contribution < -0.4 is 0 Å². The van der Waals surface area contributed by atoms with E-state index in [4.69, 9.17) is 24.9 Å². The topological polar surface area (TPSA) is 64.5 Å². The SMILES string of the molecule is c1ccc(-c2ccc(-c3cccc4c3sc3cc(-c5nc(-c6ccccc6)nc(-c6cccc(-c7ccc(-c8nc(-c9ccccc9)cc(-c9ccc%10c(c9)sc9c(-c%11cccc(-c%12ccccc%12)c%11)cccc9%10)n8)cc7)c6)n5)ccc34)cc2)cc1. The molecule has 0 spiro atoms. The first-order valence-corrected chi connectivity index (χ1v) is 30.4. The summed E-state index contributed by atoms with van der Waals surface area (Å²) in [7, 11) is 0. The summed E-state index contributed by atoms with van der Waals surface area (Å²) in [5.74, 6) is 2.50. The van der Waals surface area contributed by atoms with Gasteiger partial charge < -0.3 is 0 Å². The first-order chi connectivity index (χ1) is 42.6. The highest BCUT2D eigenvalue weighted by atomic mass is 32.1. The van der Waals surface area contributed by atoms with Crippen LogP contribution in [0.1, 0.15) is 0 Å². The van der Waals surface area contributed by atoms with E-state index in [1.54, 1.807) is 0 Å². The predicted molar refractivity (Wildman–Crippen MR) is 361 cm³/mol. The standard InChI is InChI=1S/C79H49N5S2/c1-5-17-50(18-6-1)52-33-37-54(38-34-52)64-29-15-31-68-67-44-42-63(48-73(67)86-74(64)68)79-83-77(56-23-11-4-12-24-56)82-78(84-79)62-28-14-26-59(46-62)53-35-39-57(40-36-53)76-80-70(55-21-9-3-10-22-55)49-71(81-76)61-41-43-66-69-32-16-30-65(75(69)85-72(66)47-61)60-27-13-25-58(45-60)51-19-7-2-8-20-51/h1-49H. The molecule has 7 heteroatoms. The maximum Gasteiger partial charge on any atom is 0.164 e. The minimum absolute atomic E-state index is 0.603. The predicted octanol–water partition coefficient (Wildman–Crippen LogP) is 21.7. The molecule has 0 radical (unpaired) electrons. The van der Waals surface area contributed by atoms with Gasteiger partial charge in [-0.2, -0.15) is 0 Å². The summed E-state index contributed by atoms with van der Waals surface area (Å²) >= 11 is 3.65. The molecule has 0 aliphatic heterocycles. The summed E-state index contributed by atoms with van der Waals surface area (Å²) in [6, 6.07) is 105. The first-order valence-electron chi connectivity index (χ1n) is 28.8. The summed E-state index contributed by atoms with van der Waals surface area (Å²) in [5.41, 5.74) is 19.3. The second-order valence-electron chi connectivity index (χ2n) is 21.5. The van der Waals surface area contributed by atoms with E-state index in [0.717, 1.165) is 55.9 Å². The van der Waals surface area contributed by atoms with Gasteiger partial charge in [0.15, 0.2) is 23.3 Å². The lowest BCUT2D eigenvalue weighted by atomic mass is 9.98. The smallest absolute Gasteiger partial charge is 0.164 e. The number of thiophene rings is 2. The van der Waals surface area contributed by atoms with Crippen LogP contribution in [0.25, 0.3) is 164 Å². The molecule has 0 saturated heterocycles. The quantitative estimate of drug-likeness (QED) is 0.129. The van der Waals surface area contributed by atoms with Crippen LogP contribution in [0.3, 0.4) is 0 Å². The summed E-state index contributed by atoms with van der Waals surface area (Å²) < 4.78 is 4.93. The molecule has 402 valence electrons. The molecule has 0 atom stereocenters. The lowest BCUT2D eigenvalue weighted by Crippen LogP contribution is -2.00. The summed E-state index contributed by atoms with van der Waals surface area (Å²) in [4.78, 5) is 26.1. The Hall–Kier alpha value is -10.8. The fraction of sp³-hybridized carbons (Fsp3) is 0. The van der Waals surface area contributed by atoms with Crippen molar-refractivity contribution in [2.45, 2.75) is 0 Å². The van der Waals surface area contributed by atoms with E-state index in [1.165, 1.54) is 84.9 Å². The monoisotopic (exact) mass is 1130 g/mol. The molecule has 5 nitrogen and oxygen atoms in total. The summed E-state index contributed by atoms with van der Waals surface area (Å²) in [6.45, 7) is 0. The zero-order chi connectivity index (χ0) is 56.9. The molecule has 16 aromatic rings. The fourth-order valence-corrected chi connectivity index (χ4v) is 14.4. The van der Waals surface area contributed by atoms with Gasteiger partial charge in [0.05, 0.1) is 11.4 Å². The molecule has 0 unspecified atom stereocenters. The first kappa shape index (κ1) is 50.9. The number of aromatic nitrogens is 5. The van der Waals surface area contributed by atoms with E-state index < -0.39 is 0 Å². The van der Waals surface area contributed by atoms with Crippen LogP contribution in [0.15, 0.2) is 297 Å². The van der Waals surface area contributed by atoms with Crippen molar-refractivity contribution in [1.29, 1.82) is 0 Å². The maximum absolute atomic E-state index is 5.31. The molecule has 16 rings (SSSR count). The van der Waals surface area contributed by atoms with Gasteiger partial charge in [-0.3, -0.25) is 0 Å². The van der Waals surface area contributed by atoms with Gasteiger partial charge in [-0.15, -0.1) is 22.7 Å². The van der Waals surface area contributed by atoms with Gasteiger partial charge in [-0.1, -0.05) is 267 Å². The number of nitrogens with zero attached hydrogens (tertiary/aromatic N) is 5. The zero-order valence-corrected chi connectivity index (χ0v) is 48.0. The molecule has 4 heterocycles. The molecule has 0 aliphatic rings. The number of hydrogen-bond acceptors (Lipinski definition) is 7. The van der Waals surface area contributed by atoms with Crippen molar-refractivity contribution in [2.24, 2.45) is 0 Å². The van der Waals surface area contributed by atoms with Crippen molar-refractivity contribution in [3.63, 3.8) is 0 Å². The van der Waals surface area contributed by atoms with Gasteiger partial charge in [0.25, 0.3) is 0 Å². The van der Waals surface area contributed by atoms with Gasteiger partial charge in [-0.25, -0.2) is 24.9 Å². The van der Waals surface area contributed by atoms with E-state index in [1.807, 2.05) is 46.9 Å². The van der Waals surface area contributed by atoms with E-state index in [2.05, 4.69) is 273 Å². The fourth-order valence-electron chi connectivity index (χ4n) is 11.8. The molecule has 0 amide bonds. The van der Waals surface area contributed by atoms with Gasteiger partial charge >= 0.3 is 0 Å². The van der Waals surface area contributed by atoms with Crippen LogP contribution in [0, 0.1) is 0 Å². The van der Waals surface area contributed by atoms with Crippen LogP contribution in [-0.4, -0.2) is 24.9 Å². The van der Waals surface area contributed by atoms with Gasteiger partial charge in [0.1, 0.15) is 0 Å². The third-order valence-electron chi connectivity index (χ3n) is 16.2. The Morgan fingerprint density at radius 1 is 0.186 bits per heavy atom. The van der Waals surface area contributed by atoms with Crippen molar-refractivity contribution in [2.75, 3.05) is 0 Å². The van der Waals surface area contributed by atoms with Crippen molar-refractivity contribution in [3.8, 4) is 124 Å². The van der Waals surface area contributed by atoms with Crippen LogP contribution in [0.4, 0.5) is 0 Å². The Morgan fingerprint density at radius 2 is 0.523 bits per heavy atom. The second kappa shape index (κ2) is 21.7. The third-order valence-corrected chi connectivity index (χ3v) is 18.6. The molecule has 0 aliphatic carbocycles. The molecule has 4 aromatic heterocycles. The maximum atomic E-state index is 5.31. The van der Waals surface area contributed by atoms with Gasteiger partial charge in [-0.05, 0) is 86.0 Å². The highest BCUT2D eigenvalue weighted by molar-refractivity contribution is 7.26. The second-order valence-corrected chi connectivity index (χ2v) is 23.6. The number of benzene rings is 12. The minimum Gasteiger partial charge on any atom is -0.228 e. The molecule has 0 saturated carbocycles. The average Bonchev–Trinajstić information content (AvgIpc) is 2.60. The van der Waals surface area contributed by atoms with Gasteiger partial charge in [0.2, 0.25) is 0 Å². The normalized spacial score (nSPS) is 11.5. The van der Waals surface area contributed by atoms with E-state index >= 15 is 0 Å². The third kappa shape index (κ3) is 9.61. The molecule has 12 aromatic carbocycles. The average molecular weight is 1130 g/mol. The Morgan fingerprint density at radius 3 is 1.10 bits per heavy atom. The van der Waals surface area contributed by atoms with Crippen molar-refractivity contribution >= 4 is 63.0 Å². The Kier molecular flexibility index (Phi) is 12.9. The molecule has 0 bridgehead atoms. The zero-order valence-electron chi connectivity index (χ0n) is 46.3. The molecule has 0 N–H and O–H groups in total. The van der Waals surface area contributed by atoms with Crippen LogP contribution in [-0.2, 0) is 0 Å². The van der Waals surface area contributed by atoms with E-state index in [0.29, 0.717) is 23.3 Å². The number of fused-ring (bicyclic) bond motifs is 6. The highest BCUT2D eigenvalue weighted by Crippen LogP contribution is 2.44. The Balaban J connectivity index is 0.721. The van der Waals surface area contributed by atoms with Gasteiger partial charge in [0, 0.05) is 73.7 Å². The lowest BCUT2D eigenvalue weighted by Gasteiger charge is -2.11. The van der Waals surface area contributed by atoms with Crippen LogP contribution in [0.2, 0.25) is 0 Å². The van der Waals surface area contributed by atoms with Crippen molar-refractivity contribution < 1.29 is 0 Å². The highest BCUT2D eigenvalue weighted by Gasteiger charge is 2.19. The summed E-state index contributed by atoms with van der Waals surface area (Å²) in [5, 5.41) is 4.94. The molecule has 86 heavy (non-hydrogen) atoms. The Labute approximate surface area is 505 Å². The number of hydrogen-bond donors (Lipinski definition) is 0. The van der Waals surface area contributed by atoms with E-state index in [-0.39, 0.29) is 0 Å². The van der Waals surface area contributed by atoms with Crippen LogP contribution >= 0.6 is 22.7 Å².